The fraction of sp³-hybridized carbons (Fsp3) is 0.667. The second kappa shape index (κ2) is 2.98. The third kappa shape index (κ3) is 1.55. The molecule has 11 heavy (non-hydrogen) atoms. The molecule has 0 fully saturated rings. The third-order valence-electron chi connectivity index (χ3n) is 1.50. The highest BCUT2D eigenvalue weighted by Gasteiger charge is 2.28. The van der Waals surface area contributed by atoms with Crippen LogP contribution in [0.15, 0.2) is 11.7 Å². The molecule has 1 aliphatic heterocycles. The quantitative estimate of drug-likeness (QED) is 0.414. The summed E-state index contributed by atoms with van der Waals surface area (Å²) in [4.78, 5) is 0. The van der Waals surface area contributed by atoms with Crippen molar-refractivity contribution in [3.8, 4) is 0 Å². The number of hydrogen-bond donors (Lipinski definition) is 4. The van der Waals surface area contributed by atoms with Gasteiger partial charge >= 0.3 is 5.95 Å². The maximum atomic E-state index is 8.99. The maximum Gasteiger partial charge on any atom is 0.319 e. The molecule has 1 heterocycles. The topological polar surface area (TPSA) is 90.2 Å². The van der Waals surface area contributed by atoms with Gasteiger partial charge in [0.2, 0.25) is 5.76 Å². The van der Waals surface area contributed by atoms with Crippen LogP contribution in [0.2, 0.25) is 0 Å². The summed E-state index contributed by atoms with van der Waals surface area (Å²) < 4.78 is 4.59. The van der Waals surface area contributed by atoms with E-state index in [4.69, 9.17) is 20.4 Å². The highest BCUT2D eigenvalue weighted by Crippen LogP contribution is 2.20. The average Bonchev–Trinajstić information content (AvgIpc) is 1.99. The van der Waals surface area contributed by atoms with Crippen LogP contribution in [0.5, 0.6) is 0 Å². The van der Waals surface area contributed by atoms with E-state index >= 15 is 0 Å². The molecule has 0 saturated carbocycles. The van der Waals surface area contributed by atoms with Crippen molar-refractivity contribution in [2.45, 2.75) is 18.6 Å². The molecule has 0 spiro atoms. The van der Waals surface area contributed by atoms with Gasteiger partial charge < -0.3 is 25.2 Å². The molecule has 5 nitrogen and oxygen atoms in total. The Hall–Kier alpha value is -0.940. The van der Waals surface area contributed by atoms with Gasteiger partial charge in [0.05, 0.1) is 6.61 Å². The Balaban J connectivity index is 2.68. The lowest BCUT2D eigenvalue weighted by molar-refractivity contribution is -0.0643. The highest BCUT2D eigenvalue weighted by atomic mass is 16.6. The van der Waals surface area contributed by atoms with Crippen LogP contribution in [-0.2, 0) is 4.74 Å². The molecular weight excluding hydrogens is 152 g/mol. The number of aliphatic hydroxyl groups is 4. The summed E-state index contributed by atoms with van der Waals surface area (Å²) in [6, 6.07) is 0. The van der Waals surface area contributed by atoms with Crippen molar-refractivity contribution in [2.75, 3.05) is 6.61 Å². The predicted octanol–water partition coefficient (Wildman–Crippen LogP) is -0.586. The zero-order chi connectivity index (χ0) is 8.43. The lowest BCUT2D eigenvalue weighted by atomic mass is 10.1. The summed E-state index contributed by atoms with van der Waals surface area (Å²) in [5.41, 5.74) is 0. The predicted molar refractivity (Wildman–Crippen MR) is 34.9 cm³/mol. The summed E-state index contributed by atoms with van der Waals surface area (Å²) >= 11 is 0. The lowest BCUT2D eigenvalue weighted by Crippen LogP contribution is -2.31. The van der Waals surface area contributed by atoms with Crippen LogP contribution in [-0.4, -0.2) is 39.2 Å². The minimum atomic E-state index is -1.14. The van der Waals surface area contributed by atoms with Crippen molar-refractivity contribution < 1.29 is 25.2 Å². The second-order valence-electron chi connectivity index (χ2n) is 2.36. The minimum Gasteiger partial charge on any atom is -0.504 e. The third-order valence-corrected chi connectivity index (χ3v) is 1.50. The fourth-order valence-electron chi connectivity index (χ4n) is 0.881. The average molecular weight is 162 g/mol. The summed E-state index contributed by atoms with van der Waals surface area (Å²) in [7, 11) is 0. The molecule has 0 saturated heterocycles. The summed E-state index contributed by atoms with van der Waals surface area (Å²) in [5.74, 6) is -1.28. The monoisotopic (exact) mass is 162 g/mol. The Bertz CT molecular complexity index is 176. The van der Waals surface area contributed by atoms with Crippen LogP contribution in [0.3, 0.4) is 0 Å². The van der Waals surface area contributed by atoms with Crippen molar-refractivity contribution in [2.24, 2.45) is 0 Å². The van der Waals surface area contributed by atoms with Gasteiger partial charge in [-0.1, -0.05) is 0 Å². The summed E-state index contributed by atoms with van der Waals surface area (Å²) in [5, 5.41) is 35.2. The Morgan fingerprint density at radius 2 is 2.09 bits per heavy atom. The molecule has 4 N–H and O–H groups in total. The van der Waals surface area contributed by atoms with E-state index in [-0.39, 0.29) is 13.0 Å². The van der Waals surface area contributed by atoms with E-state index in [1.54, 1.807) is 0 Å². The summed E-state index contributed by atoms with van der Waals surface area (Å²) in [6.45, 7) is -0.297. The number of aliphatic hydroxyl groups excluding tert-OH is 4. The van der Waals surface area contributed by atoms with Crippen LogP contribution >= 0.6 is 0 Å². The molecule has 0 unspecified atom stereocenters. The largest absolute Gasteiger partial charge is 0.504 e. The Morgan fingerprint density at radius 3 is 2.55 bits per heavy atom. The molecule has 64 valence electrons. The Morgan fingerprint density at radius 1 is 1.45 bits per heavy atom. The van der Waals surface area contributed by atoms with Gasteiger partial charge in [0.25, 0.3) is 0 Å². The van der Waals surface area contributed by atoms with E-state index in [2.05, 4.69) is 4.74 Å². The number of ether oxygens (including phenoxy) is 1. The van der Waals surface area contributed by atoms with E-state index in [0.717, 1.165) is 0 Å². The molecule has 0 aromatic heterocycles. The zero-order valence-corrected chi connectivity index (χ0v) is 5.77. The lowest BCUT2D eigenvalue weighted by Gasteiger charge is -2.24. The molecule has 1 aliphatic rings. The zero-order valence-electron chi connectivity index (χ0n) is 5.77. The first-order valence-electron chi connectivity index (χ1n) is 3.22. The second-order valence-corrected chi connectivity index (χ2v) is 2.36. The van der Waals surface area contributed by atoms with Crippen molar-refractivity contribution in [3.05, 3.63) is 11.7 Å². The van der Waals surface area contributed by atoms with Crippen molar-refractivity contribution in [1.82, 2.24) is 0 Å². The molecule has 5 heteroatoms. The van der Waals surface area contributed by atoms with Gasteiger partial charge in [-0.15, -0.1) is 0 Å². The molecule has 0 aromatic carbocycles. The Labute approximate surface area is 63.2 Å². The van der Waals surface area contributed by atoms with Crippen molar-refractivity contribution in [3.63, 3.8) is 0 Å². The van der Waals surface area contributed by atoms with Gasteiger partial charge in [-0.05, 0) is 0 Å². The first-order chi connectivity index (χ1) is 5.15. The van der Waals surface area contributed by atoms with E-state index in [9.17, 15) is 0 Å². The Kier molecular flexibility index (Phi) is 2.21. The first kappa shape index (κ1) is 8.16. The number of rotatable bonds is 1. The highest BCUT2D eigenvalue weighted by molar-refractivity contribution is 5.03. The van der Waals surface area contributed by atoms with Gasteiger partial charge in [0, 0.05) is 6.42 Å². The van der Waals surface area contributed by atoms with Gasteiger partial charge in [0.1, 0.15) is 12.2 Å². The van der Waals surface area contributed by atoms with Gasteiger partial charge in [-0.3, -0.25) is 0 Å². The van der Waals surface area contributed by atoms with E-state index in [1.165, 1.54) is 0 Å². The molecule has 0 aliphatic carbocycles. The van der Waals surface area contributed by atoms with Crippen molar-refractivity contribution >= 4 is 0 Å². The fourth-order valence-corrected chi connectivity index (χ4v) is 0.881. The molecule has 0 radical (unpaired) electrons. The molecule has 2 atom stereocenters. The molecule has 1 rings (SSSR count). The number of hydrogen-bond acceptors (Lipinski definition) is 5. The molecular formula is C6H10O5. The SMILES string of the molecule is OC[C@@H]1C[C@H](O)C(O)=C(O)O1. The van der Waals surface area contributed by atoms with E-state index < -0.39 is 23.9 Å². The van der Waals surface area contributed by atoms with Crippen LogP contribution in [0, 0.1) is 0 Å². The van der Waals surface area contributed by atoms with E-state index in [1.807, 2.05) is 0 Å². The molecule has 0 bridgehead atoms. The van der Waals surface area contributed by atoms with Crippen LogP contribution in [0.1, 0.15) is 6.42 Å². The smallest absolute Gasteiger partial charge is 0.319 e. The van der Waals surface area contributed by atoms with Crippen LogP contribution < -0.4 is 0 Å². The van der Waals surface area contributed by atoms with Gasteiger partial charge in [-0.25, -0.2) is 0 Å². The standard InChI is InChI=1S/C6H10O5/c7-2-3-1-4(8)5(9)6(10)11-3/h3-4,7-10H,1-2H2/t3-,4-/m0/s1. The van der Waals surface area contributed by atoms with Crippen LogP contribution in [0.25, 0.3) is 0 Å². The van der Waals surface area contributed by atoms with Gasteiger partial charge in [0.15, 0.2) is 0 Å². The normalized spacial score (nSPS) is 31.8. The van der Waals surface area contributed by atoms with Gasteiger partial charge in [-0.2, -0.15) is 0 Å². The van der Waals surface area contributed by atoms with Crippen molar-refractivity contribution in [1.29, 1.82) is 0 Å². The molecule has 0 aromatic rings. The minimum absolute atomic E-state index is 0.0897. The van der Waals surface area contributed by atoms with E-state index in [0.29, 0.717) is 0 Å². The first-order valence-corrected chi connectivity index (χ1v) is 3.22. The van der Waals surface area contributed by atoms with Crippen LogP contribution in [0.4, 0.5) is 0 Å². The molecule has 0 amide bonds. The summed E-state index contributed by atoms with van der Waals surface area (Å²) in [6.07, 6.45) is -1.69. The maximum absolute atomic E-state index is 8.99.